The molecule has 0 aliphatic heterocycles. The third-order valence-corrected chi connectivity index (χ3v) is 5.22. The second kappa shape index (κ2) is 13.7. The van der Waals surface area contributed by atoms with Crippen molar-refractivity contribution in [2.24, 2.45) is 5.92 Å². The Balaban J connectivity index is 2.03. The summed E-state index contributed by atoms with van der Waals surface area (Å²) in [6.45, 7) is 11.6. The lowest BCUT2D eigenvalue weighted by molar-refractivity contribution is -0.148. The molecule has 2 unspecified atom stereocenters. The smallest absolute Gasteiger partial charge is 0.330 e. The van der Waals surface area contributed by atoms with Gasteiger partial charge < -0.3 is 18.9 Å². The van der Waals surface area contributed by atoms with E-state index in [4.69, 9.17) is 18.9 Å². The van der Waals surface area contributed by atoms with Crippen LogP contribution in [0, 0.1) is 5.92 Å². The number of hydrogen-bond acceptors (Lipinski definition) is 5. The molecule has 5 nitrogen and oxygen atoms in total. The van der Waals surface area contributed by atoms with Crippen LogP contribution in [0.1, 0.15) is 46.5 Å². The molecular formula is C26H36O5. The molecule has 5 heteroatoms. The van der Waals surface area contributed by atoms with E-state index < -0.39 is 12.1 Å². The summed E-state index contributed by atoms with van der Waals surface area (Å²) in [5.74, 6) is 1.58. The molecule has 0 aliphatic rings. The maximum Gasteiger partial charge on any atom is 0.330 e. The normalized spacial score (nSPS) is 12.9. The van der Waals surface area contributed by atoms with Gasteiger partial charge in [0.15, 0.2) is 6.10 Å². The third-order valence-electron chi connectivity index (χ3n) is 5.22. The molecule has 0 heterocycles. The van der Waals surface area contributed by atoms with Gasteiger partial charge in [-0.25, -0.2) is 4.79 Å². The van der Waals surface area contributed by atoms with E-state index >= 15 is 0 Å². The number of rotatable bonds is 15. The van der Waals surface area contributed by atoms with Crippen LogP contribution in [-0.2, 0) is 14.3 Å². The highest BCUT2D eigenvalue weighted by molar-refractivity contribution is 5.93. The number of carbonyl (C=O) groups is 1. The van der Waals surface area contributed by atoms with Crippen LogP contribution in [0.2, 0.25) is 0 Å². The topological polar surface area (TPSA) is 54.0 Å². The zero-order valence-electron chi connectivity index (χ0n) is 19.1. The van der Waals surface area contributed by atoms with Crippen molar-refractivity contribution in [3.05, 3.63) is 49.1 Å². The predicted octanol–water partition coefficient (Wildman–Crippen LogP) is 5.95. The van der Waals surface area contributed by atoms with Gasteiger partial charge in [-0.3, -0.25) is 0 Å². The summed E-state index contributed by atoms with van der Waals surface area (Å²) < 4.78 is 23.2. The Hall–Kier alpha value is -2.53. The number of fused-ring (bicyclic) bond motifs is 1. The monoisotopic (exact) mass is 428 g/mol. The lowest BCUT2D eigenvalue weighted by Crippen LogP contribution is -2.30. The van der Waals surface area contributed by atoms with E-state index in [2.05, 4.69) is 20.4 Å². The summed E-state index contributed by atoms with van der Waals surface area (Å²) in [6, 6.07) is 11.7. The first-order chi connectivity index (χ1) is 15.1. The SMILES string of the molecule is C=CC(=O)OC(COCC(CC)CCCC)COc1ccc(OCC)c2ccccc12. The molecule has 0 aliphatic carbocycles. The summed E-state index contributed by atoms with van der Waals surface area (Å²) >= 11 is 0. The standard InChI is InChI=1S/C26H36O5/c1-5-9-12-20(6-2)17-28-18-21(31-26(27)7-3)19-30-25-16-15-24(29-8-4)22-13-10-11-14-23(22)25/h7,10-11,13-16,20-21H,3,5-6,8-9,12,17-19H2,1-2,4H3. The van der Waals surface area contributed by atoms with Crippen molar-refractivity contribution in [2.75, 3.05) is 26.4 Å². The quantitative estimate of drug-likeness (QED) is 0.259. The Morgan fingerprint density at radius 1 is 0.968 bits per heavy atom. The van der Waals surface area contributed by atoms with Crippen LogP contribution < -0.4 is 9.47 Å². The second-order valence-electron chi connectivity index (χ2n) is 7.57. The van der Waals surface area contributed by atoms with Crippen LogP contribution in [-0.4, -0.2) is 38.5 Å². The van der Waals surface area contributed by atoms with Crippen molar-refractivity contribution in [2.45, 2.75) is 52.6 Å². The Kier molecular flexibility index (Phi) is 10.9. The summed E-state index contributed by atoms with van der Waals surface area (Å²) in [5.41, 5.74) is 0. The number of carbonyl (C=O) groups excluding carboxylic acids is 1. The molecule has 0 radical (unpaired) electrons. The van der Waals surface area contributed by atoms with Crippen molar-refractivity contribution >= 4 is 16.7 Å². The fourth-order valence-corrected chi connectivity index (χ4v) is 3.43. The van der Waals surface area contributed by atoms with E-state index in [-0.39, 0.29) is 13.2 Å². The van der Waals surface area contributed by atoms with E-state index in [1.165, 1.54) is 12.8 Å². The minimum Gasteiger partial charge on any atom is -0.493 e. The van der Waals surface area contributed by atoms with E-state index in [9.17, 15) is 4.79 Å². The van der Waals surface area contributed by atoms with Crippen molar-refractivity contribution in [3.8, 4) is 11.5 Å². The average molecular weight is 429 g/mol. The molecule has 170 valence electrons. The zero-order chi connectivity index (χ0) is 22.5. The molecule has 0 fully saturated rings. The molecule has 0 aromatic heterocycles. The van der Waals surface area contributed by atoms with Crippen LogP contribution in [0.25, 0.3) is 10.8 Å². The minimum atomic E-state index is -0.514. The molecule has 2 rings (SSSR count). The highest BCUT2D eigenvalue weighted by Crippen LogP contribution is 2.33. The van der Waals surface area contributed by atoms with Gasteiger partial charge >= 0.3 is 5.97 Å². The zero-order valence-corrected chi connectivity index (χ0v) is 19.1. The van der Waals surface area contributed by atoms with Gasteiger partial charge in [-0.1, -0.05) is 64.0 Å². The molecule has 0 spiro atoms. The lowest BCUT2D eigenvalue weighted by Gasteiger charge is -2.21. The maximum atomic E-state index is 11.8. The molecular weight excluding hydrogens is 392 g/mol. The Morgan fingerprint density at radius 2 is 1.65 bits per heavy atom. The minimum absolute atomic E-state index is 0.198. The van der Waals surface area contributed by atoms with Gasteiger partial charge in [0.05, 0.1) is 13.2 Å². The fourth-order valence-electron chi connectivity index (χ4n) is 3.43. The van der Waals surface area contributed by atoms with Crippen molar-refractivity contribution in [3.63, 3.8) is 0 Å². The molecule has 0 saturated heterocycles. The van der Waals surface area contributed by atoms with Crippen molar-refractivity contribution in [1.82, 2.24) is 0 Å². The molecule has 0 saturated carbocycles. The molecule has 2 aromatic rings. The van der Waals surface area contributed by atoms with Gasteiger partial charge in [0.1, 0.15) is 18.1 Å². The van der Waals surface area contributed by atoms with Gasteiger partial charge in [0, 0.05) is 23.5 Å². The predicted molar refractivity (Wildman–Crippen MR) is 125 cm³/mol. The molecule has 31 heavy (non-hydrogen) atoms. The van der Waals surface area contributed by atoms with E-state index in [0.717, 1.165) is 35.4 Å². The van der Waals surface area contributed by atoms with E-state index in [0.29, 0.717) is 24.9 Å². The first-order valence-corrected chi connectivity index (χ1v) is 11.3. The molecule has 2 aromatic carbocycles. The number of ether oxygens (including phenoxy) is 4. The van der Waals surface area contributed by atoms with E-state index in [1.807, 2.05) is 43.3 Å². The van der Waals surface area contributed by atoms with Crippen molar-refractivity contribution in [1.29, 1.82) is 0 Å². The first-order valence-electron chi connectivity index (χ1n) is 11.3. The third kappa shape index (κ3) is 7.91. The number of unbranched alkanes of at least 4 members (excludes halogenated alkanes) is 1. The van der Waals surface area contributed by atoms with Gasteiger partial charge in [-0.15, -0.1) is 0 Å². The molecule has 0 bridgehead atoms. The Labute approximate surface area is 186 Å². The summed E-state index contributed by atoms with van der Waals surface area (Å²) in [4.78, 5) is 11.8. The molecule has 0 N–H and O–H groups in total. The summed E-state index contributed by atoms with van der Waals surface area (Å²) in [7, 11) is 0. The summed E-state index contributed by atoms with van der Waals surface area (Å²) in [5, 5.41) is 1.94. The highest BCUT2D eigenvalue weighted by Gasteiger charge is 2.17. The van der Waals surface area contributed by atoms with Gasteiger partial charge in [-0.05, 0) is 31.4 Å². The Bertz CT molecular complexity index is 817. The van der Waals surface area contributed by atoms with Gasteiger partial charge in [0.2, 0.25) is 0 Å². The molecule has 2 atom stereocenters. The van der Waals surface area contributed by atoms with Gasteiger partial charge in [0.25, 0.3) is 0 Å². The summed E-state index contributed by atoms with van der Waals surface area (Å²) in [6.07, 6.45) is 5.25. The van der Waals surface area contributed by atoms with E-state index in [1.54, 1.807) is 0 Å². The van der Waals surface area contributed by atoms with Crippen LogP contribution in [0.3, 0.4) is 0 Å². The number of benzene rings is 2. The van der Waals surface area contributed by atoms with Crippen LogP contribution in [0.5, 0.6) is 11.5 Å². The number of esters is 1. The fraction of sp³-hybridized carbons (Fsp3) is 0.500. The lowest BCUT2D eigenvalue weighted by atomic mass is 10.0. The molecule has 0 amide bonds. The van der Waals surface area contributed by atoms with Crippen LogP contribution in [0.4, 0.5) is 0 Å². The largest absolute Gasteiger partial charge is 0.493 e. The second-order valence-corrected chi connectivity index (χ2v) is 7.57. The van der Waals surface area contributed by atoms with Crippen molar-refractivity contribution < 1.29 is 23.7 Å². The number of hydrogen-bond donors (Lipinski definition) is 0. The van der Waals surface area contributed by atoms with Crippen LogP contribution in [0.15, 0.2) is 49.1 Å². The maximum absolute atomic E-state index is 11.8. The van der Waals surface area contributed by atoms with Crippen LogP contribution >= 0.6 is 0 Å². The highest BCUT2D eigenvalue weighted by atomic mass is 16.6. The average Bonchev–Trinajstić information content (AvgIpc) is 2.80. The first kappa shape index (κ1) is 24.7. The van der Waals surface area contributed by atoms with Gasteiger partial charge in [-0.2, -0.15) is 0 Å². The Morgan fingerprint density at radius 3 is 2.23 bits per heavy atom.